The monoisotopic (exact) mass is 517 g/mol. The average Bonchev–Trinajstić information content (AvgIpc) is 2.88. The highest BCUT2D eigenvalue weighted by molar-refractivity contribution is 6.30. The number of piperidine rings is 1. The molecule has 2 amide bonds. The first-order valence-corrected chi connectivity index (χ1v) is 12.7. The molecule has 9 heteroatoms. The summed E-state index contributed by atoms with van der Waals surface area (Å²) in [6.45, 7) is 4.25. The topological polar surface area (TPSA) is 62.3 Å². The van der Waals surface area contributed by atoms with E-state index in [0.29, 0.717) is 49.1 Å². The van der Waals surface area contributed by atoms with E-state index >= 15 is 0 Å². The Kier molecular flexibility index (Phi) is 8.69. The van der Waals surface area contributed by atoms with Crippen molar-refractivity contribution >= 4 is 23.4 Å². The van der Waals surface area contributed by atoms with Gasteiger partial charge in [-0.2, -0.15) is 0 Å². The number of carbonyl (C=O) groups is 2. The van der Waals surface area contributed by atoms with Crippen molar-refractivity contribution in [3.63, 3.8) is 0 Å². The predicted octanol–water partition coefficient (Wildman–Crippen LogP) is 3.71. The lowest BCUT2D eigenvalue weighted by Gasteiger charge is -2.43. The molecular formula is C27H33ClFN3O4. The van der Waals surface area contributed by atoms with Gasteiger partial charge in [-0.05, 0) is 68.4 Å². The van der Waals surface area contributed by atoms with E-state index in [1.807, 2.05) is 4.90 Å². The van der Waals surface area contributed by atoms with Crippen LogP contribution in [0.4, 0.5) is 4.39 Å². The third-order valence-corrected chi connectivity index (χ3v) is 7.18. The number of rotatable bonds is 8. The molecule has 2 fully saturated rings. The maximum Gasteiger partial charge on any atom is 0.260 e. The molecule has 0 spiro atoms. The molecular weight excluding hydrogens is 485 g/mol. The molecule has 2 aromatic carbocycles. The van der Waals surface area contributed by atoms with E-state index in [4.69, 9.17) is 21.1 Å². The summed E-state index contributed by atoms with van der Waals surface area (Å²) >= 11 is 5.92. The molecule has 0 aliphatic carbocycles. The van der Waals surface area contributed by atoms with Gasteiger partial charge in [-0.25, -0.2) is 4.39 Å². The second-order valence-electron chi connectivity index (χ2n) is 9.76. The van der Waals surface area contributed by atoms with Crippen molar-refractivity contribution in [2.75, 3.05) is 59.5 Å². The molecule has 2 heterocycles. The quantitative estimate of drug-likeness (QED) is 0.534. The zero-order valence-electron chi connectivity index (χ0n) is 20.6. The van der Waals surface area contributed by atoms with E-state index < -0.39 is 5.41 Å². The Morgan fingerprint density at radius 2 is 1.53 bits per heavy atom. The number of carbonyl (C=O) groups excluding carboxylic acids is 2. The molecule has 0 saturated carbocycles. The van der Waals surface area contributed by atoms with Crippen molar-refractivity contribution in [2.45, 2.75) is 19.3 Å². The van der Waals surface area contributed by atoms with Gasteiger partial charge in [0.15, 0.2) is 6.61 Å². The number of amides is 2. The summed E-state index contributed by atoms with van der Waals surface area (Å²) in [5.74, 6) is 0.719. The predicted molar refractivity (Wildman–Crippen MR) is 136 cm³/mol. The highest BCUT2D eigenvalue weighted by atomic mass is 35.5. The first-order valence-electron chi connectivity index (χ1n) is 12.3. The summed E-state index contributed by atoms with van der Waals surface area (Å²) in [6, 6.07) is 12.7. The van der Waals surface area contributed by atoms with Gasteiger partial charge in [0.2, 0.25) is 5.91 Å². The molecule has 2 aliphatic heterocycles. The highest BCUT2D eigenvalue weighted by Crippen LogP contribution is 2.35. The molecule has 194 valence electrons. The average molecular weight is 518 g/mol. The van der Waals surface area contributed by atoms with Crippen LogP contribution in [-0.4, -0.2) is 86.0 Å². The molecule has 2 aliphatic rings. The molecule has 1 atom stereocenters. The second-order valence-corrected chi connectivity index (χ2v) is 10.2. The fourth-order valence-electron chi connectivity index (χ4n) is 4.76. The Labute approximate surface area is 216 Å². The van der Waals surface area contributed by atoms with E-state index in [0.717, 1.165) is 25.9 Å². The van der Waals surface area contributed by atoms with Crippen LogP contribution < -0.4 is 9.47 Å². The molecule has 2 aromatic rings. The van der Waals surface area contributed by atoms with Gasteiger partial charge in [-0.15, -0.1) is 0 Å². The third kappa shape index (κ3) is 7.11. The van der Waals surface area contributed by atoms with Crippen LogP contribution in [0.1, 0.15) is 19.3 Å². The van der Waals surface area contributed by atoms with Gasteiger partial charge in [0.1, 0.15) is 17.3 Å². The van der Waals surface area contributed by atoms with Gasteiger partial charge in [-0.1, -0.05) is 11.6 Å². The number of likely N-dealkylation sites (tertiary alicyclic amines) is 1. The largest absolute Gasteiger partial charge is 0.493 e. The Bertz CT molecular complexity index is 1030. The zero-order chi connectivity index (χ0) is 25.5. The number of piperazine rings is 1. The summed E-state index contributed by atoms with van der Waals surface area (Å²) < 4.78 is 25.1. The van der Waals surface area contributed by atoms with Crippen LogP contribution in [0.3, 0.4) is 0 Å². The maximum absolute atomic E-state index is 13.3. The smallest absolute Gasteiger partial charge is 0.260 e. The number of nitrogens with zero attached hydrogens (tertiary/aromatic N) is 3. The van der Waals surface area contributed by atoms with Crippen molar-refractivity contribution < 1.29 is 23.5 Å². The van der Waals surface area contributed by atoms with E-state index in [9.17, 15) is 14.0 Å². The van der Waals surface area contributed by atoms with Gasteiger partial charge >= 0.3 is 0 Å². The molecule has 0 radical (unpaired) electrons. The summed E-state index contributed by atoms with van der Waals surface area (Å²) in [7, 11) is 2.05. The summed E-state index contributed by atoms with van der Waals surface area (Å²) in [4.78, 5) is 32.2. The number of hydrogen-bond donors (Lipinski definition) is 0. The number of benzene rings is 2. The molecule has 0 N–H and O–H groups in total. The molecule has 4 rings (SSSR count). The van der Waals surface area contributed by atoms with E-state index in [-0.39, 0.29) is 30.8 Å². The SMILES string of the molecule is CN1CCN(C(=O)CC2(COc3ccc(F)cc3)CCCN(C(=O)COc3ccc(Cl)cc3)C2)CC1. The Morgan fingerprint density at radius 3 is 2.22 bits per heavy atom. The summed E-state index contributed by atoms with van der Waals surface area (Å²) in [5.41, 5.74) is -0.539. The standard InChI is InChI=1S/C27H33ClFN3O4/c1-30-13-15-31(16-14-30)25(33)17-27(20-36-24-9-5-22(29)6-10-24)11-2-12-32(19-27)26(34)18-35-23-7-3-21(28)4-8-23/h3-10H,2,11-20H2,1H3. The van der Waals surface area contributed by atoms with Crippen LogP contribution in [0.5, 0.6) is 11.5 Å². The molecule has 0 bridgehead atoms. The number of ether oxygens (including phenoxy) is 2. The van der Waals surface area contributed by atoms with E-state index in [2.05, 4.69) is 11.9 Å². The van der Waals surface area contributed by atoms with E-state index in [1.54, 1.807) is 41.3 Å². The fourth-order valence-corrected chi connectivity index (χ4v) is 4.88. The number of likely N-dealkylation sites (N-methyl/N-ethyl adjacent to an activating group) is 1. The lowest BCUT2D eigenvalue weighted by Crippen LogP contribution is -2.53. The van der Waals surface area contributed by atoms with Gasteiger partial charge in [0, 0.05) is 56.1 Å². The van der Waals surface area contributed by atoms with Crippen molar-refractivity contribution in [3.8, 4) is 11.5 Å². The van der Waals surface area contributed by atoms with Crippen molar-refractivity contribution in [1.82, 2.24) is 14.7 Å². The Morgan fingerprint density at radius 1 is 0.889 bits per heavy atom. The van der Waals surface area contributed by atoms with Crippen molar-refractivity contribution in [3.05, 3.63) is 59.4 Å². The maximum atomic E-state index is 13.3. The molecule has 7 nitrogen and oxygen atoms in total. The molecule has 2 saturated heterocycles. The van der Waals surface area contributed by atoms with Crippen LogP contribution in [0.2, 0.25) is 5.02 Å². The first-order chi connectivity index (χ1) is 17.3. The number of hydrogen-bond acceptors (Lipinski definition) is 5. The second kappa shape index (κ2) is 11.9. The van der Waals surface area contributed by atoms with Crippen LogP contribution >= 0.6 is 11.6 Å². The first kappa shape index (κ1) is 26.2. The fraction of sp³-hybridized carbons (Fsp3) is 0.481. The van der Waals surface area contributed by atoms with Gasteiger partial charge in [0.05, 0.1) is 6.61 Å². The van der Waals surface area contributed by atoms with E-state index in [1.165, 1.54) is 12.1 Å². The summed E-state index contributed by atoms with van der Waals surface area (Å²) in [5, 5.41) is 0.598. The van der Waals surface area contributed by atoms with Gasteiger partial charge < -0.3 is 24.2 Å². The van der Waals surface area contributed by atoms with Crippen LogP contribution in [0.25, 0.3) is 0 Å². The minimum absolute atomic E-state index is 0.0810. The molecule has 0 aromatic heterocycles. The third-order valence-electron chi connectivity index (χ3n) is 6.93. The Balaban J connectivity index is 1.43. The van der Waals surface area contributed by atoms with Crippen LogP contribution in [0.15, 0.2) is 48.5 Å². The minimum Gasteiger partial charge on any atom is -0.493 e. The number of halogens is 2. The van der Waals surface area contributed by atoms with Gasteiger partial charge in [-0.3, -0.25) is 9.59 Å². The van der Waals surface area contributed by atoms with Gasteiger partial charge in [0.25, 0.3) is 5.91 Å². The van der Waals surface area contributed by atoms with Crippen molar-refractivity contribution in [1.29, 1.82) is 0 Å². The summed E-state index contributed by atoms with van der Waals surface area (Å²) in [6.07, 6.45) is 1.81. The molecule has 1 unspecified atom stereocenters. The Hall–Kier alpha value is -2.84. The van der Waals surface area contributed by atoms with Crippen molar-refractivity contribution in [2.24, 2.45) is 5.41 Å². The highest BCUT2D eigenvalue weighted by Gasteiger charge is 2.41. The molecule has 36 heavy (non-hydrogen) atoms. The normalized spacial score (nSPS) is 20.8. The lowest BCUT2D eigenvalue weighted by molar-refractivity contribution is -0.143. The minimum atomic E-state index is -0.539. The lowest BCUT2D eigenvalue weighted by atomic mass is 9.77. The zero-order valence-corrected chi connectivity index (χ0v) is 21.4. The van der Waals surface area contributed by atoms with Crippen LogP contribution in [0, 0.1) is 11.2 Å². The van der Waals surface area contributed by atoms with Crippen LogP contribution in [-0.2, 0) is 9.59 Å².